The van der Waals surface area contributed by atoms with Crippen LogP contribution in [0.25, 0.3) is 11.0 Å². The molecule has 1 aliphatic rings. The first-order valence-corrected chi connectivity index (χ1v) is 14.2. The van der Waals surface area contributed by atoms with Crippen LogP contribution in [0.1, 0.15) is 10.4 Å². The van der Waals surface area contributed by atoms with Crippen LogP contribution in [0.2, 0.25) is 0 Å². The third-order valence-corrected chi connectivity index (χ3v) is 8.42. The van der Waals surface area contributed by atoms with E-state index in [1.165, 1.54) is 36.5 Å². The summed E-state index contributed by atoms with van der Waals surface area (Å²) in [4.78, 5) is 31.8. The van der Waals surface area contributed by atoms with Gasteiger partial charge in [-0.1, -0.05) is 6.07 Å². The molecule has 216 valence electrons. The van der Waals surface area contributed by atoms with E-state index < -0.39 is 31.3 Å². The van der Waals surface area contributed by atoms with Gasteiger partial charge in [-0.3, -0.25) is 19.8 Å². The molecule has 2 aromatic carbocycles. The van der Waals surface area contributed by atoms with E-state index in [9.17, 15) is 23.3 Å². The molecule has 4 N–H and O–H groups in total. The van der Waals surface area contributed by atoms with E-state index >= 15 is 0 Å². The van der Waals surface area contributed by atoms with Crippen LogP contribution in [0.5, 0.6) is 11.5 Å². The fraction of sp³-hybridized carbons (Fsp3) is 0.222. The van der Waals surface area contributed by atoms with E-state index in [0.717, 1.165) is 6.07 Å². The van der Waals surface area contributed by atoms with Gasteiger partial charge in [0.2, 0.25) is 9.84 Å². The number of sulfone groups is 1. The molecule has 1 fully saturated rings. The molecular formula is C27H25N7O7S. The Morgan fingerprint density at radius 1 is 1.31 bits per heavy atom. The highest BCUT2D eigenvalue weighted by Gasteiger charge is 2.29. The number of hydrogen-bond donors (Lipinski definition) is 3. The van der Waals surface area contributed by atoms with Crippen molar-refractivity contribution in [3.8, 4) is 17.6 Å². The molecule has 0 radical (unpaired) electrons. The number of ether oxygens (including phenoxy) is 2. The van der Waals surface area contributed by atoms with Gasteiger partial charge in [0.15, 0.2) is 5.75 Å². The molecule has 2 aromatic heterocycles. The summed E-state index contributed by atoms with van der Waals surface area (Å²) in [7, 11) is -4.45. The minimum Gasteiger partial charge on any atom is -0.453 e. The number of nitro benzene ring substituents is 1. The molecule has 0 bridgehead atoms. The number of benzene rings is 2. The number of hydrogen-bond acceptors (Lipinski definition) is 11. The molecule has 1 aliphatic heterocycles. The Bertz CT molecular complexity index is 1820. The van der Waals surface area contributed by atoms with Crippen LogP contribution in [-0.4, -0.2) is 73.0 Å². The number of aromatic nitrogens is 2. The lowest BCUT2D eigenvalue weighted by molar-refractivity contribution is -0.384. The predicted molar refractivity (Wildman–Crippen MR) is 150 cm³/mol. The van der Waals surface area contributed by atoms with Crippen LogP contribution in [0.3, 0.4) is 0 Å². The number of anilines is 1. The summed E-state index contributed by atoms with van der Waals surface area (Å²) in [5.74, 6) is -1.11. The van der Waals surface area contributed by atoms with Gasteiger partial charge < -0.3 is 25.5 Å². The number of nitrogens with two attached hydrogens (primary N) is 1. The maximum Gasteiger partial charge on any atom is 0.293 e. The third kappa shape index (κ3) is 5.86. The average Bonchev–Trinajstić information content (AvgIpc) is 3.44. The van der Waals surface area contributed by atoms with Crippen LogP contribution in [0.4, 0.5) is 11.4 Å². The van der Waals surface area contributed by atoms with Crippen LogP contribution >= 0.6 is 0 Å². The number of nitro groups is 1. The molecule has 5 rings (SSSR count). The number of nitrogens with one attached hydrogen (secondary N) is 2. The fourth-order valence-corrected chi connectivity index (χ4v) is 6.02. The number of pyridine rings is 1. The highest BCUT2D eigenvalue weighted by atomic mass is 32.2. The van der Waals surface area contributed by atoms with Gasteiger partial charge >= 0.3 is 0 Å². The summed E-state index contributed by atoms with van der Waals surface area (Å²) in [6.45, 7) is 1.93. The molecule has 14 nitrogen and oxygen atoms in total. The number of carbonyl (C=O) groups excluding carboxylic acids is 1. The molecule has 4 aromatic rings. The number of aromatic amines is 1. The van der Waals surface area contributed by atoms with Crippen LogP contribution < -0.4 is 15.8 Å². The van der Waals surface area contributed by atoms with E-state index in [1.54, 1.807) is 18.3 Å². The number of nitriles is 1. The molecule has 1 atom stereocenters. The van der Waals surface area contributed by atoms with Gasteiger partial charge in [0.1, 0.15) is 22.0 Å². The minimum absolute atomic E-state index is 0.0909. The summed E-state index contributed by atoms with van der Waals surface area (Å²) in [6, 6.07) is 12.8. The van der Waals surface area contributed by atoms with E-state index in [1.807, 2.05) is 4.90 Å². The molecule has 0 saturated carbocycles. The lowest BCUT2D eigenvalue weighted by Gasteiger charge is -2.31. The lowest BCUT2D eigenvalue weighted by atomic mass is 10.2. The number of carbonyl (C=O) groups is 1. The van der Waals surface area contributed by atoms with Gasteiger partial charge in [-0.05, 0) is 36.4 Å². The Morgan fingerprint density at radius 2 is 2.14 bits per heavy atom. The molecule has 0 aliphatic carbocycles. The lowest BCUT2D eigenvalue weighted by Crippen LogP contribution is -2.45. The summed E-state index contributed by atoms with van der Waals surface area (Å²) >= 11 is 0. The van der Waals surface area contributed by atoms with Gasteiger partial charge in [-0.25, -0.2) is 13.4 Å². The Kier molecular flexibility index (Phi) is 8.02. The highest BCUT2D eigenvalue weighted by molar-refractivity contribution is 7.91. The molecule has 1 saturated heterocycles. The molecular weight excluding hydrogens is 566 g/mol. The standard InChI is InChI=1S/C27H25N7O7S/c28-7-9-33-10-11-40-19(16-33)15-31-22-5-4-20(13-23(22)34(36)37)42(38,39)24-3-1-2-21(26(29)35)25(24)41-18-12-17-6-8-30-27(17)32-14-18/h1-6,8,12-14,19,31H,9-11,15-16H2,(H2,29,35)(H,30,32). The van der Waals surface area contributed by atoms with Crippen molar-refractivity contribution in [3.63, 3.8) is 0 Å². The van der Waals surface area contributed by atoms with Crippen molar-refractivity contribution in [1.29, 1.82) is 5.26 Å². The number of primary amides is 1. The van der Waals surface area contributed by atoms with Crippen LogP contribution in [-0.2, 0) is 14.6 Å². The molecule has 3 heterocycles. The zero-order chi connectivity index (χ0) is 29.9. The Labute approximate surface area is 239 Å². The van der Waals surface area contributed by atoms with Crippen molar-refractivity contribution in [2.75, 3.05) is 38.1 Å². The first kappa shape index (κ1) is 28.5. The largest absolute Gasteiger partial charge is 0.453 e. The fourth-order valence-electron chi connectivity index (χ4n) is 4.60. The van der Waals surface area contributed by atoms with Gasteiger partial charge in [-0.15, -0.1) is 0 Å². The van der Waals surface area contributed by atoms with Crippen molar-refractivity contribution >= 4 is 38.2 Å². The number of amides is 1. The molecule has 1 unspecified atom stereocenters. The summed E-state index contributed by atoms with van der Waals surface area (Å²) in [5.41, 5.74) is 5.53. The number of nitrogens with zero attached hydrogens (tertiary/aromatic N) is 4. The SMILES string of the molecule is N#CCN1CCOC(CNc2ccc(S(=O)(=O)c3cccc(C(N)=O)c3Oc3cnc4[nH]ccc4c3)cc2[N+](=O)[O-])C1. The second-order valence-electron chi connectivity index (χ2n) is 9.39. The van der Waals surface area contributed by atoms with Crippen molar-refractivity contribution in [3.05, 3.63) is 76.6 Å². The van der Waals surface area contributed by atoms with E-state index in [0.29, 0.717) is 30.7 Å². The van der Waals surface area contributed by atoms with Crippen LogP contribution in [0, 0.1) is 21.4 Å². The number of fused-ring (bicyclic) bond motifs is 1. The van der Waals surface area contributed by atoms with E-state index in [2.05, 4.69) is 21.4 Å². The first-order chi connectivity index (χ1) is 20.2. The highest BCUT2D eigenvalue weighted by Crippen LogP contribution is 2.38. The first-order valence-electron chi connectivity index (χ1n) is 12.7. The van der Waals surface area contributed by atoms with Gasteiger partial charge in [0.05, 0.1) is 46.9 Å². The molecule has 1 amide bonds. The smallest absolute Gasteiger partial charge is 0.293 e. The van der Waals surface area contributed by atoms with E-state index in [4.69, 9.17) is 20.5 Å². The maximum absolute atomic E-state index is 13.8. The second-order valence-corrected chi connectivity index (χ2v) is 11.3. The number of para-hydroxylation sites is 1. The second kappa shape index (κ2) is 11.8. The normalized spacial score (nSPS) is 15.6. The van der Waals surface area contributed by atoms with Crippen LogP contribution in [0.15, 0.2) is 70.7 Å². The van der Waals surface area contributed by atoms with E-state index in [-0.39, 0.29) is 46.8 Å². The predicted octanol–water partition coefficient (Wildman–Crippen LogP) is 2.83. The minimum atomic E-state index is -4.45. The zero-order valence-corrected chi connectivity index (χ0v) is 22.8. The Hall–Kier alpha value is -5.04. The average molecular weight is 592 g/mol. The Balaban J connectivity index is 1.47. The van der Waals surface area contributed by atoms with Gasteiger partial charge in [-0.2, -0.15) is 5.26 Å². The quantitative estimate of drug-likeness (QED) is 0.139. The monoisotopic (exact) mass is 591 g/mol. The van der Waals surface area contributed by atoms with Crippen molar-refractivity contribution in [1.82, 2.24) is 14.9 Å². The maximum atomic E-state index is 13.8. The molecule has 15 heteroatoms. The molecule has 42 heavy (non-hydrogen) atoms. The van der Waals surface area contributed by atoms with Crippen molar-refractivity contribution in [2.45, 2.75) is 15.9 Å². The summed E-state index contributed by atoms with van der Waals surface area (Å²) < 4.78 is 39.2. The topological polar surface area (TPSA) is 207 Å². The number of morpholine rings is 1. The van der Waals surface area contributed by atoms with Gasteiger partial charge in [0.25, 0.3) is 11.6 Å². The van der Waals surface area contributed by atoms with Crippen molar-refractivity contribution in [2.24, 2.45) is 5.73 Å². The van der Waals surface area contributed by atoms with Gasteiger partial charge in [0, 0.05) is 37.3 Å². The summed E-state index contributed by atoms with van der Waals surface area (Å²) in [6.07, 6.45) is 2.70. The Morgan fingerprint density at radius 3 is 2.90 bits per heavy atom. The number of H-pyrrole nitrogens is 1. The molecule has 0 spiro atoms. The third-order valence-electron chi connectivity index (χ3n) is 6.64. The number of rotatable bonds is 10. The summed E-state index contributed by atoms with van der Waals surface area (Å²) in [5, 5.41) is 24.5. The zero-order valence-electron chi connectivity index (χ0n) is 22.0. The van der Waals surface area contributed by atoms with Crippen molar-refractivity contribution < 1.29 is 27.6 Å².